The number of hydrogen-bond donors (Lipinski definition) is 0. The van der Waals surface area contributed by atoms with Gasteiger partial charge in [0.25, 0.3) is 0 Å². The van der Waals surface area contributed by atoms with Crippen LogP contribution in [0.15, 0.2) is 35.2 Å². The van der Waals surface area contributed by atoms with Gasteiger partial charge in [-0.2, -0.15) is 5.26 Å². The number of nitriles is 1. The van der Waals surface area contributed by atoms with Crippen molar-refractivity contribution in [3.05, 3.63) is 30.3 Å². The molecule has 0 aliphatic carbocycles. The normalized spacial score (nSPS) is 10.2. The van der Waals surface area contributed by atoms with Gasteiger partial charge in [0, 0.05) is 30.2 Å². The highest BCUT2D eigenvalue weighted by molar-refractivity contribution is 7.99. The Morgan fingerprint density at radius 3 is 2.67 bits per heavy atom. The molecule has 0 aromatic heterocycles. The van der Waals surface area contributed by atoms with E-state index in [4.69, 9.17) is 5.26 Å². The molecule has 0 saturated heterocycles. The third kappa shape index (κ3) is 5.46. The van der Waals surface area contributed by atoms with Gasteiger partial charge in [-0.05, 0) is 19.2 Å². The predicted octanol–water partition coefficient (Wildman–Crippen LogP) is 2.62. The first kappa shape index (κ1) is 12.1. The van der Waals surface area contributed by atoms with Crippen LogP contribution in [-0.2, 0) is 0 Å². The molecule has 0 bridgehead atoms. The minimum atomic E-state index is 0.618. The van der Waals surface area contributed by atoms with E-state index >= 15 is 0 Å². The first-order chi connectivity index (χ1) is 7.33. The van der Waals surface area contributed by atoms with E-state index in [1.54, 1.807) is 0 Å². The maximum Gasteiger partial charge on any atom is 0.0635 e. The summed E-state index contributed by atoms with van der Waals surface area (Å²) in [6.07, 6.45) is 0.618. The fourth-order valence-electron chi connectivity index (χ4n) is 1.19. The van der Waals surface area contributed by atoms with Gasteiger partial charge in [0.2, 0.25) is 0 Å². The molecule has 0 atom stereocenters. The van der Waals surface area contributed by atoms with E-state index < -0.39 is 0 Å². The summed E-state index contributed by atoms with van der Waals surface area (Å²) in [6, 6.07) is 12.6. The predicted molar refractivity (Wildman–Crippen MR) is 64.9 cm³/mol. The van der Waals surface area contributed by atoms with Crippen LogP contribution in [0.25, 0.3) is 0 Å². The first-order valence-electron chi connectivity index (χ1n) is 5.06. The second-order valence-electron chi connectivity index (χ2n) is 3.37. The molecule has 1 aromatic rings. The average Bonchev–Trinajstić information content (AvgIpc) is 2.28. The van der Waals surface area contributed by atoms with Crippen molar-refractivity contribution in [3.63, 3.8) is 0 Å². The molecule has 3 heteroatoms. The van der Waals surface area contributed by atoms with Crippen molar-refractivity contribution in [2.45, 2.75) is 11.3 Å². The second kappa shape index (κ2) is 7.33. The molecule has 1 rings (SSSR count). The van der Waals surface area contributed by atoms with E-state index in [9.17, 15) is 0 Å². The summed E-state index contributed by atoms with van der Waals surface area (Å²) < 4.78 is 0. The van der Waals surface area contributed by atoms with Gasteiger partial charge in [-0.1, -0.05) is 18.2 Å². The van der Waals surface area contributed by atoms with Crippen LogP contribution < -0.4 is 0 Å². The highest BCUT2D eigenvalue weighted by Gasteiger charge is 1.98. The maximum atomic E-state index is 8.44. The van der Waals surface area contributed by atoms with E-state index in [0.29, 0.717) is 6.42 Å². The van der Waals surface area contributed by atoms with Crippen LogP contribution in [0.5, 0.6) is 0 Å². The quantitative estimate of drug-likeness (QED) is 0.690. The number of hydrogen-bond acceptors (Lipinski definition) is 3. The fraction of sp³-hybridized carbons (Fsp3) is 0.417. The van der Waals surface area contributed by atoms with Gasteiger partial charge >= 0.3 is 0 Å². The summed E-state index contributed by atoms with van der Waals surface area (Å²) in [6.45, 7) is 1.90. The van der Waals surface area contributed by atoms with Crippen LogP contribution in [-0.4, -0.2) is 30.8 Å². The molecule has 0 unspecified atom stereocenters. The van der Waals surface area contributed by atoms with E-state index in [2.05, 4.69) is 42.3 Å². The summed E-state index contributed by atoms with van der Waals surface area (Å²) in [5, 5.41) is 8.44. The second-order valence-corrected chi connectivity index (χ2v) is 4.54. The van der Waals surface area contributed by atoms with Gasteiger partial charge in [0.1, 0.15) is 0 Å². The summed E-state index contributed by atoms with van der Waals surface area (Å²) >= 11 is 1.86. The SMILES string of the molecule is CN(CCC#N)CCSc1ccccc1. The van der Waals surface area contributed by atoms with Crippen LogP contribution in [0.1, 0.15) is 6.42 Å². The molecule has 0 fully saturated rings. The molecular formula is C12H16N2S. The first-order valence-corrected chi connectivity index (χ1v) is 6.05. The number of nitrogens with zero attached hydrogens (tertiary/aromatic N) is 2. The molecule has 80 valence electrons. The van der Waals surface area contributed by atoms with Gasteiger partial charge < -0.3 is 4.90 Å². The van der Waals surface area contributed by atoms with Crippen molar-refractivity contribution in [2.24, 2.45) is 0 Å². The standard InChI is InChI=1S/C12H16N2S/c1-14(9-5-8-13)10-11-15-12-6-3-2-4-7-12/h2-4,6-7H,5,9-11H2,1H3. The third-order valence-electron chi connectivity index (χ3n) is 2.09. The van der Waals surface area contributed by atoms with Crippen LogP contribution in [0.2, 0.25) is 0 Å². The third-order valence-corrected chi connectivity index (χ3v) is 3.08. The topological polar surface area (TPSA) is 27.0 Å². The van der Waals surface area contributed by atoms with Gasteiger partial charge in [-0.15, -0.1) is 11.8 Å². The Hall–Kier alpha value is -0.980. The highest BCUT2D eigenvalue weighted by Crippen LogP contribution is 2.16. The Morgan fingerprint density at radius 2 is 2.00 bits per heavy atom. The van der Waals surface area contributed by atoms with Crippen molar-refractivity contribution in [1.82, 2.24) is 4.90 Å². The Morgan fingerprint density at radius 1 is 1.27 bits per heavy atom. The highest BCUT2D eigenvalue weighted by atomic mass is 32.2. The molecule has 0 spiro atoms. The monoisotopic (exact) mass is 220 g/mol. The van der Waals surface area contributed by atoms with Gasteiger partial charge in [-0.3, -0.25) is 0 Å². The zero-order valence-corrected chi connectivity index (χ0v) is 9.83. The molecule has 0 aliphatic heterocycles. The molecule has 0 aliphatic rings. The lowest BCUT2D eigenvalue weighted by Crippen LogP contribution is -2.22. The zero-order chi connectivity index (χ0) is 10.9. The van der Waals surface area contributed by atoms with Crippen molar-refractivity contribution >= 4 is 11.8 Å². The Labute approximate surface area is 95.9 Å². The van der Waals surface area contributed by atoms with Crippen molar-refractivity contribution in [3.8, 4) is 6.07 Å². The summed E-state index contributed by atoms with van der Waals surface area (Å²) in [5.74, 6) is 1.08. The number of rotatable bonds is 6. The van der Waals surface area contributed by atoms with Crippen LogP contribution >= 0.6 is 11.8 Å². The average molecular weight is 220 g/mol. The van der Waals surface area contributed by atoms with E-state index in [-0.39, 0.29) is 0 Å². The minimum absolute atomic E-state index is 0.618. The van der Waals surface area contributed by atoms with E-state index in [0.717, 1.165) is 18.8 Å². The van der Waals surface area contributed by atoms with Crippen molar-refractivity contribution < 1.29 is 0 Å². The lowest BCUT2D eigenvalue weighted by atomic mass is 10.4. The summed E-state index contributed by atoms with van der Waals surface area (Å²) in [7, 11) is 2.06. The number of benzene rings is 1. The van der Waals surface area contributed by atoms with Gasteiger partial charge in [0.05, 0.1) is 6.07 Å². The molecule has 2 nitrogen and oxygen atoms in total. The van der Waals surface area contributed by atoms with Gasteiger partial charge in [0.15, 0.2) is 0 Å². The largest absolute Gasteiger partial charge is 0.305 e. The van der Waals surface area contributed by atoms with E-state index in [1.165, 1.54) is 4.90 Å². The van der Waals surface area contributed by atoms with Crippen LogP contribution in [0.4, 0.5) is 0 Å². The molecule has 0 saturated carbocycles. The fourth-order valence-corrected chi connectivity index (χ4v) is 2.18. The van der Waals surface area contributed by atoms with Gasteiger partial charge in [-0.25, -0.2) is 0 Å². The Kier molecular flexibility index (Phi) is 5.91. The Balaban J connectivity index is 2.14. The lowest BCUT2D eigenvalue weighted by Gasteiger charge is -2.13. The van der Waals surface area contributed by atoms with Crippen LogP contribution in [0.3, 0.4) is 0 Å². The van der Waals surface area contributed by atoms with E-state index in [1.807, 2.05) is 17.8 Å². The summed E-state index contributed by atoms with van der Waals surface area (Å²) in [4.78, 5) is 3.50. The molecule has 0 N–H and O–H groups in total. The summed E-state index contributed by atoms with van der Waals surface area (Å²) in [5.41, 5.74) is 0. The molecular weight excluding hydrogens is 204 g/mol. The zero-order valence-electron chi connectivity index (χ0n) is 9.02. The molecule has 0 heterocycles. The molecule has 0 amide bonds. The van der Waals surface area contributed by atoms with Crippen molar-refractivity contribution in [2.75, 3.05) is 25.9 Å². The molecule has 15 heavy (non-hydrogen) atoms. The minimum Gasteiger partial charge on any atom is -0.305 e. The molecule has 0 radical (unpaired) electrons. The number of thioether (sulfide) groups is 1. The van der Waals surface area contributed by atoms with Crippen molar-refractivity contribution in [1.29, 1.82) is 5.26 Å². The lowest BCUT2D eigenvalue weighted by molar-refractivity contribution is 0.364. The Bertz CT molecular complexity index is 305. The molecule has 1 aromatic carbocycles. The van der Waals surface area contributed by atoms with Crippen LogP contribution in [0, 0.1) is 11.3 Å². The smallest absolute Gasteiger partial charge is 0.0635 e. The maximum absolute atomic E-state index is 8.44.